The molecule has 2 heterocycles. The Hall–Kier alpha value is -2.89. The van der Waals surface area contributed by atoms with Gasteiger partial charge in [0.25, 0.3) is 11.6 Å². The number of fused-ring (bicyclic) bond motifs is 1. The lowest BCUT2D eigenvalue weighted by Crippen LogP contribution is -2.26. The highest BCUT2D eigenvalue weighted by Gasteiger charge is 2.29. The van der Waals surface area contributed by atoms with Crippen LogP contribution in [0.2, 0.25) is 0 Å². The summed E-state index contributed by atoms with van der Waals surface area (Å²) >= 11 is 0. The number of ether oxygens (including phenoxy) is 1. The van der Waals surface area contributed by atoms with Gasteiger partial charge >= 0.3 is 0 Å². The molecule has 1 amide bonds. The molecule has 1 fully saturated rings. The molecule has 1 aliphatic carbocycles. The van der Waals surface area contributed by atoms with Gasteiger partial charge in [0.2, 0.25) is 0 Å². The van der Waals surface area contributed by atoms with Gasteiger partial charge < -0.3 is 14.2 Å². The minimum Gasteiger partial charge on any atom is -0.494 e. The lowest BCUT2D eigenvalue weighted by atomic mass is 10.1. The van der Waals surface area contributed by atoms with Gasteiger partial charge in [0.1, 0.15) is 5.75 Å². The molecule has 0 unspecified atom stereocenters. The summed E-state index contributed by atoms with van der Waals surface area (Å²) in [6, 6.07) is 9.74. The first-order valence-electron chi connectivity index (χ1n) is 9.31. The van der Waals surface area contributed by atoms with Crippen molar-refractivity contribution in [2.45, 2.75) is 39.2 Å². The van der Waals surface area contributed by atoms with Crippen molar-refractivity contribution in [3.8, 4) is 5.75 Å². The van der Waals surface area contributed by atoms with Gasteiger partial charge in [-0.2, -0.15) is 0 Å². The van der Waals surface area contributed by atoms with Crippen molar-refractivity contribution >= 4 is 17.0 Å². The molecule has 0 radical (unpaired) electrons. The fourth-order valence-corrected chi connectivity index (χ4v) is 3.28. The van der Waals surface area contributed by atoms with Crippen LogP contribution in [0.1, 0.15) is 53.0 Å². The Bertz CT molecular complexity index is 974. The zero-order valence-corrected chi connectivity index (χ0v) is 15.9. The van der Waals surface area contributed by atoms with Crippen molar-refractivity contribution in [1.82, 2.24) is 15.0 Å². The summed E-state index contributed by atoms with van der Waals surface area (Å²) in [6.45, 7) is 4.95. The summed E-state index contributed by atoms with van der Waals surface area (Å²) in [5, 5.41) is 4.72. The maximum atomic E-state index is 13.2. The van der Waals surface area contributed by atoms with E-state index >= 15 is 0 Å². The Balaban J connectivity index is 1.60. The molecule has 1 aromatic carbocycles. The van der Waals surface area contributed by atoms with Gasteiger partial charge in [0.05, 0.1) is 23.3 Å². The van der Waals surface area contributed by atoms with Crippen LogP contribution in [0.25, 0.3) is 11.1 Å². The molecule has 27 heavy (non-hydrogen) atoms. The minimum absolute atomic E-state index is 0.0514. The molecule has 0 spiro atoms. The van der Waals surface area contributed by atoms with E-state index < -0.39 is 0 Å². The lowest BCUT2D eigenvalue weighted by Gasteiger charge is -2.18. The van der Waals surface area contributed by atoms with Crippen molar-refractivity contribution in [2.24, 2.45) is 0 Å². The molecule has 2 aromatic heterocycles. The average Bonchev–Trinajstić information content (AvgIpc) is 3.46. The highest BCUT2D eigenvalue weighted by atomic mass is 16.5. The molecular weight excluding hydrogens is 342 g/mol. The number of pyridine rings is 1. The Morgan fingerprint density at radius 3 is 2.70 bits per heavy atom. The van der Waals surface area contributed by atoms with Crippen LogP contribution in [0.15, 0.2) is 34.9 Å². The SMILES string of the molecule is CCOc1ccc(CN(C)C(=O)c2cc(C3CC3)nc3onc(C)c23)cc1. The first kappa shape index (κ1) is 17.5. The zero-order chi connectivity index (χ0) is 19.0. The number of nitrogens with zero attached hydrogens (tertiary/aromatic N) is 3. The normalized spacial score (nSPS) is 13.7. The number of amides is 1. The third-order valence-corrected chi connectivity index (χ3v) is 4.86. The van der Waals surface area contributed by atoms with Gasteiger partial charge in [0, 0.05) is 25.2 Å². The maximum absolute atomic E-state index is 13.2. The van der Waals surface area contributed by atoms with E-state index in [-0.39, 0.29) is 5.91 Å². The van der Waals surface area contributed by atoms with E-state index in [9.17, 15) is 4.79 Å². The molecule has 0 atom stereocenters. The van der Waals surface area contributed by atoms with E-state index in [1.165, 1.54) is 0 Å². The van der Waals surface area contributed by atoms with Gasteiger partial charge in [-0.15, -0.1) is 0 Å². The molecule has 140 valence electrons. The number of carbonyl (C=O) groups excluding carboxylic acids is 1. The molecule has 3 aromatic rings. The molecule has 0 N–H and O–H groups in total. The predicted molar refractivity (Wildman–Crippen MR) is 102 cm³/mol. The highest BCUT2D eigenvalue weighted by Crippen LogP contribution is 2.40. The van der Waals surface area contributed by atoms with Gasteiger partial charge in [-0.3, -0.25) is 4.79 Å². The largest absolute Gasteiger partial charge is 0.494 e. The average molecular weight is 365 g/mol. The second-order valence-electron chi connectivity index (χ2n) is 7.06. The molecule has 1 saturated carbocycles. The molecule has 0 saturated heterocycles. The van der Waals surface area contributed by atoms with Gasteiger partial charge in [-0.05, 0) is 50.5 Å². The van der Waals surface area contributed by atoms with Crippen LogP contribution in [0.4, 0.5) is 0 Å². The fraction of sp³-hybridized carbons (Fsp3) is 0.381. The summed E-state index contributed by atoms with van der Waals surface area (Å²) in [7, 11) is 1.81. The molecule has 1 aliphatic rings. The molecular formula is C21H23N3O3. The predicted octanol–water partition coefficient (Wildman–Crippen LogP) is 4.08. The number of hydrogen-bond acceptors (Lipinski definition) is 5. The number of aryl methyl sites for hydroxylation is 1. The van der Waals surface area contributed by atoms with Crippen molar-refractivity contribution in [1.29, 1.82) is 0 Å². The van der Waals surface area contributed by atoms with Gasteiger partial charge in [0.15, 0.2) is 0 Å². The van der Waals surface area contributed by atoms with Crippen LogP contribution in [0.5, 0.6) is 5.75 Å². The van der Waals surface area contributed by atoms with Crippen molar-refractivity contribution < 1.29 is 14.1 Å². The second-order valence-corrected chi connectivity index (χ2v) is 7.06. The van der Waals surface area contributed by atoms with Crippen LogP contribution in [0.3, 0.4) is 0 Å². The van der Waals surface area contributed by atoms with E-state index in [4.69, 9.17) is 9.26 Å². The first-order chi connectivity index (χ1) is 13.1. The molecule has 0 aliphatic heterocycles. The summed E-state index contributed by atoms with van der Waals surface area (Å²) in [4.78, 5) is 19.5. The third-order valence-electron chi connectivity index (χ3n) is 4.86. The fourth-order valence-electron chi connectivity index (χ4n) is 3.28. The van der Waals surface area contributed by atoms with E-state index in [2.05, 4.69) is 10.1 Å². The summed E-state index contributed by atoms with van der Waals surface area (Å²) in [5.41, 5.74) is 3.74. The highest BCUT2D eigenvalue weighted by molar-refractivity contribution is 6.06. The number of carbonyl (C=O) groups is 1. The molecule has 4 rings (SSSR count). The quantitative estimate of drug-likeness (QED) is 0.658. The van der Waals surface area contributed by atoms with Gasteiger partial charge in [-0.1, -0.05) is 17.3 Å². The summed E-state index contributed by atoms with van der Waals surface area (Å²) in [6.07, 6.45) is 2.22. The van der Waals surface area contributed by atoms with Crippen molar-refractivity contribution in [3.63, 3.8) is 0 Å². The standard InChI is InChI=1S/C21H23N3O3/c1-4-26-16-9-5-14(6-10-16)12-24(3)21(25)17-11-18(15-7-8-15)22-20-19(17)13(2)23-27-20/h5-6,9-11,15H,4,7-8,12H2,1-3H3. The molecule has 0 bridgehead atoms. The van der Waals surface area contributed by atoms with E-state index in [1.807, 2.05) is 51.2 Å². The third kappa shape index (κ3) is 3.52. The topological polar surface area (TPSA) is 68.5 Å². The molecule has 6 heteroatoms. The zero-order valence-electron chi connectivity index (χ0n) is 15.9. The Morgan fingerprint density at radius 1 is 1.30 bits per heavy atom. The van der Waals surface area contributed by atoms with Crippen LogP contribution in [-0.2, 0) is 6.54 Å². The maximum Gasteiger partial charge on any atom is 0.259 e. The van der Waals surface area contributed by atoms with Gasteiger partial charge in [-0.25, -0.2) is 4.98 Å². The van der Waals surface area contributed by atoms with Crippen LogP contribution in [0, 0.1) is 6.92 Å². The Labute approximate surface area is 158 Å². The Kier molecular flexibility index (Phi) is 4.56. The van der Waals surface area contributed by atoms with Crippen molar-refractivity contribution in [2.75, 3.05) is 13.7 Å². The van der Waals surface area contributed by atoms with E-state index in [1.54, 1.807) is 4.90 Å². The lowest BCUT2D eigenvalue weighted by molar-refractivity contribution is 0.0786. The number of hydrogen-bond donors (Lipinski definition) is 0. The number of aromatic nitrogens is 2. The smallest absolute Gasteiger partial charge is 0.259 e. The van der Waals surface area contributed by atoms with Crippen LogP contribution < -0.4 is 4.74 Å². The second kappa shape index (κ2) is 7.02. The number of benzene rings is 1. The van der Waals surface area contributed by atoms with E-state index in [0.29, 0.717) is 41.4 Å². The first-order valence-corrected chi connectivity index (χ1v) is 9.31. The number of rotatable bonds is 6. The van der Waals surface area contributed by atoms with Crippen LogP contribution >= 0.6 is 0 Å². The van der Waals surface area contributed by atoms with Crippen LogP contribution in [-0.4, -0.2) is 34.6 Å². The van der Waals surface area contributed by atoms with Crippen molar-refractivity contribution in [3.05, 3.63) is 52.8 Å². The summed E-state index contributed by atoms with van der Waals surface area (Å²) < 4.78 is 10.8. The van der Waals surface area contributed by atoms with E-state index in [0.717, 1.165) is 29.8 Å². The monoisotopic (exact) mass is 365 g/mol. The Morgan fingerprint density at radius 2 is 2.04 bits per heavy atom. The molecule has 6 nitrogen and oxygen atoms in total. The summed E-state index contributed by atoms with van der Waals surface area (Å²) in [5.74, 6) is 1.22. The minimum atomic E-state index is -0.0514.